The van der Waals surface area contributed by atoms with Gasteiger partial charge in [0.25, 0.3) is 0 Å². The number of fused-ring (bicyclic) bond motifs is 1. The number of rotatable bonds is 53. The number of hydrogen-bond acceptors (Lipinski definition) is 24. The average molecular weight is 1580 g/mol. The summed E-state index contributed by atoms with van der Waals surface area (Å²) in [7, 11) is 0. The van der Waals surface area contributed by atoms with Gasteiger partial charge in [-0.05, 0) is 88.0 Å². The maximum absolute atomic E-state index is 14.5. The number of aliphatic hydroxyl groups is 1. The summed E-state index contributed by atoms with van der Waals surface area (Å²) in [6.45, 7) is 3.07. The Morgan fingerprint density at radius 1 is 0.445 bits per heavy atom. The zero-order valence-electron chi connectivity index (χ0n) is 60.6. The molecule has 1 heterocycles. The molecule has 0 saturated heterocycles. The molecule has 0 aliphatic heterocycles. The largest absolute Gasteiger partial charge is 0.481 e. The van der Waals surface area contributed by atoms with E-state index < -0.39 is 255 Å². The third kappa shape index (κ3) is 34.8. The van der Waals surface area contributed by atoms with E-state index in [4.69, 9.17) is 40.1 Å². The molecule has 45 nitrogen and oxygen atoms in total. The maximum Gasteiger partial charge on any atom is 0.326 e. The lowest BCUT2D eigenvalue weighted by Crippen LogP contribution is -2.61. The molecule has 0 spiro atoms. The topological polar surface area (TPSA) is 780 Å². The van der Waals surface area contributed by atoms with Crippen LogP contribution >= 0.6 is 11.8 Å². The van der Waals surface area contributed by atoms with Crippen molar-refractivity contribution in [2.45, 2.75) is 189 Å². The summed E-state index contributed by atoms with van der Waals surface area (Å²) < 4.78 is 0. The van der Waals surface area contributed by atoms with E-state index in [2.05, 4.69) is 68.5 Å². The number of aromatic nitrogens is 1. The molecule has 2 aromatic rings. The van der Waals surface area contributed by atoms with Crippen molar-refractivity contribution in [1.29, 1.82) is 0 Å². The number of nitrogens with two attached hydrogens (primary N) is 7. The Labute approximate surface area is 632 Å². The summed E-state index contributed by atoms with van der Waals surface area (Å²) in [4.78, 5) is 258. The number of unbranched alkanes of at least 4 members (excludes halogenated alkanes) is 1. The molecule has 0 aliphatic rings. The lowest BCUT2D eigenvalue weighted by Gasteiger charge is -2.27. The highest BCUT2D eigenvalue weighted by Gasteiger charge is 2.39. The number of H-pyrrole nitrogens is 1. The zero-order chi connectivity index (χ0) is 83.2. The van der Waals surface area contributed by atoms with Gasteiger partial charge in [0.1, 0.15) is 72.5 Å². The number of aliphatic carboxylic acids is 4. The molecule has 2 rings (SSSR count). The van der Waals surface area contributed by atoms with Crippen LogP contribution in [0.4, 0.5) is 0 Å². The average Bonchev–Trinajstić information content (AvgIpc) is 1.64. The number of para-hydroxylation sites is 1. The molecule has 13 atom stereocenters. The second kappa shape index (κ2) is 47.8. The Bertz CT molecular complexity index is 3670. The third-order valence-electron chi connectivity index (χ3n) is 15.9. The van der Waals surface area contributed by atoms with E-state index in [9.17, 15) is 117 Å². The standard InChI is InChI=1S/C64H99N21O24S/c1-28(2)18-43(63(108)109)84-58(103)39(22-47(69)89)80-57(102)37(20-45(67)87)79-53(98)34(12-7-8-15-65)76-62(107)44(27-86)85-51(96)29(3)74-55(100)36(19-30-26-73-33-11-6-5-10-31(30)33)78-56(101)38(21-46(68)88)81-60(105)42(25-50(94)95)83-61(106)41(24-49(92)93)82-54(99)35(13-9-16-72-64(70)71)75-59(104)40(23-48(90)91)77-52(97)32(66)14-17-110-4/h5-6,10-11,26,28-29,32,34-44,73,86H,7-9,12-25,27,65-66H2,1-4H3,(H2,67,87)(H2,68,88)(H2,69,89)(H,74,100)(H,75,104)(H,76,107)(H,77,97)(H,78,101)(H,79,98)(H,80,102)(H,81,105)(H,82,99)(H,83,106)(H,84,103)(H,85,96)(H,90,91)(H,92,93)(H,94,95)(H,108,109)(H4,70,71,72)/t29-,32-,34-,35-,36-,37-,38-,39-,40-,41-,42-,43-,44-/m0/s1. The van der Waals surface area contributed by atoms with Crippen molar-refractivity contribution >= 4 is 141 Å². The molecule has 110 heavy (non-hydrogen) atoms. The smallest absolute Gasteiger partial charge is 0.326 e. The van der Waals surface area contributed by atoms with Crippen molar-refractivity contribution in [3.05, 3.63) is 36.0 Å². The van der Waals surface area contributed by atoms with Crippen LogP contribution in [-0.2, 0) is 97.5 Å². The monoisotopic (exact) mass is 1580 g/mol. The number of nitrogens with one attached hydrogen (secondary N) is 13. The summed E-state index contributed by atoms with van der Waals surface area (Å²) in [5, 5.41) is 76.3. The van der Waals surface area contributed by atoms with Gasteiger partial charge < -0.3 is 134 Å². The van der Waals surface area contributed by atoms with Crippen LogP contribution in [0.25, 0.3) is 10.9 Å². The van der Waals surface area contributed by atoms with E-state index in [0.717, 1.165) is 6.92 Å². The van der Waals surface area contributed by atoms with Crippen molar-refractivity contribution in [3.63, 3.8) is 0 Å². The first-order valence-corrected chi connectivity index (χ1v) is 35.5. The van der Waals surface area contributed by atoms with Gasteiger partial charge in [-0.3, -0.25) is 91.3 Å². The molecule has 0 aliphatic carbocycles. The minimum absolute atomic E-state index is 0.0702. The number of aromatic amines is 1. The molecule has 0 unspecified atom stereocenters. The highest BCUT2D eigenvalue weighted by Crippen LogP contribution is 2.20. The normalized spacial score (nSPS) is 14.5. The van der Waals surface area contributed by atoms with Crippen molar-refractivity contribution < 1.29 is 117 Å². The number of carbonyl (C=O) groups excluding carboxylic acids is 15. The molecule has 1 aromatic carbocycles. The molecule has 32 N–H and O–H groups in total. The van der Waals surface area contributed by atoms with E-state index in [1.54, 1.807) is 44.4 Å². The van der Waals surface area contributed by atoms with E-state index in [0.29, 0.717) is 22.2 Å². The van der Waals surface area contributed by atoms with Crippen molar-refractivity contribution in [1.82, 2.24) is 68.8 Å². The first kappa shape index (κ1) is 94.3. The van der Waals surface area contributed by atoms with Gasteiger partial charge in [-0.1, -0.05) is 32.0 Å². The molecular weight excluding hydrogens is 1480 g/mol. The van der Waals surface area contributed by atoms with Crippen molar-refractivity contribution in [2.24, 2.45) is 51.0 Å². The predicted octanol–water partition coefficient (Wildman–Crippen LogP) is -10.0. The van der Waals surface area contributed by atoms with Crippen LogP contribution in [0.3, 0.4) is 0 Å². The number of carboxylic acids is 4. The summed E-state index contributed by atoms with van der Waals surface area (Å²) in [5.41, 5.74) is 39.4. The summed E-state index contributed by atoms with van der Waals surface area (Å²) in [5.74, 6) is -26.0. The van der Waals surface area contributed by atoms with Crippen LogP contribution in [0.5, 0.6) is 0 Å². The molecule has 610 valence electrons. The van der Waals surface area contributed by atoms with Crippen molar-refractivity contribution in [3.8, 4) is 0 Å². The molecule has 1 aromatic heterocycles. The minimum atomic E-state index is -2.32. The van der Waals surface area contributed by atoms with Gasteiger partial charge in [-0.15, -0.1) is 0 Å². The number of benzene rings is 1. The first-order chi connectivity index (χ1) is 51.6. The summed E-state index contributed by atoms with van der Waals surface area (Å²) >= 11 is 1.33. The number of carbonyl (C=O) groups is 19. The molecule has 0 saturated carbocycles. The fourth-order valence-corrected chi connectivity index (χ4v) is 10.8. The summed E-state index contributed by atoms with van der Waals surface area (Å²) in [6, 6.07) is -17.6. The number of primary amides is 3. The molecule has 0 bridgehead atoms. The second-order valence-corrected chi connectivity index (χ2v) is 26.5. The Morgan fingerprint density at radius 3 is 1.20 bits per heavy atom. The second-order valence-electron chi connectivity index (χ2n) is 25.5. The lowest BCUT2D eigenvalue weighted by atomic mass is 10.0. The number of hydrogen-bond donors (Lipinski definition) is 25. The maximum atomic E-state index is 14.5. The molecule has 46 heteroatoms. The van der Waals surface area contributed by atoms with Gasteiger partial charge in [-0.2, -0.15) is 11.8 Å². The van der Waals surface area contributed by atoms with Crippen LogP contribution in [0.1, 0.15) is 110 Å². The van der Waals surface area contributed by atoms with Crippen LogP contribution in [0.15, 0.2) is 35.5 Å². The van der Waals surface area contributed by atoms with Gasteiger partial charge in [0.05, 0.1) is 51.2 Å². The fourth-order valence-electron chi connectivity index (χ4n) is 10.3. The Balaban J connectivity index is 2.53. The third-order valence-corrected chi connectivity index (χ3v) is 16.5. The Hall–Kier alpha value is -11.8. The quantitative estimate of drug-likeness (QED) is 0.0166. The SMILES string of the molecule is CSCC[C@H](N)C(=O)N[C@@H](CC(=O)O)C(=O)N[C@@H](CCCN=C(N)N)C(=O)N[C@@H](CC(=O)O)C(=O)N[C@@H](CC(=O)O)C(=O)N[C@@H](CC(N)=O)C(=O)N[C@@H](Cc1c[nH]c2ccccc12)C(=O)N[C@@H](C)C(=O)N[C@@H](CO)C(=O)N[C@@H](CCCCN)C(=O)N[C@@H](CC(N)=O)C(=O)N[C@@H](CC(N)=O)C(=O)N[C@@H](CC(C)C)C(=O)O. The number of aliphatic hydroxyl groups excluding tert-OH is 1. The number of guanidine groups is 1. The number of aliphatic imine (C=N–C) groups is 1. The highest BCUT2D eigenvalue weighted by molar-refractivity contribution is 7.98. The predicted molar refractivity (Wildman–Crippen MR) is 387 cm³/mol. The molecular formula is C64H99N21O24S. The fraction of sp³-hybridized carbons (Fsp3) is 0.562. The number of thioether (sulfide) groups is 1. The van der Waals surface area contributed by atoms with Crippen LogP contribution in [-0.4, -0.2) is 259 Å². The number of nitrogens with zero attached hydrogens (tertiary/aromatic N) is 1. The number of amides is 15. The highest BCUT2D eigenvalue weighted by atomic mass is 32.2. The van der Waals surface area contributed by atoms with Gasteiger partial charge in [-0.25, -0.2) is 4.79 Å². The van der Waals surface area contributed by atoms with Crippen LogP contribution < -0.4 is 104 Å². The van der Waals surface area contributed by atoms with Crippen LogP contribution in [0, 0.1) is 5.92 Å². The minimum Gasteiger partial charge on any atom is -0.481 e. The molecule has 15 amide bonds. The van der Waals surface area contributed by atoms with E-state index in [-0.39, 0.29) is 57.5 Å². The van der Waals surface area contributed by atoms with Gasteiger partial charge >= 0.3 is 23.9 Å². The lowest BCUT2D eigenvalue weighted by molar-refractivity contribution is -0.144. The Morgan fingerprint density at radius 2 is 0.809 bits per heavy atom. The van der Waals surface area contributed by atoms with Gasteiger partial charge in [0.2, 0.25) is 88.6 Å². The van der Waals surface area contributed by atoms with E-state index >= 15 is 0 Å². The van der Waals surface area contributed by atoms with Crippen molar-refractivity contribution in [2.75, 3.05) is 31.7 Å². The first-order valence-electron chi connectivity index (χ1n) is 34.1. The summed E-state index contributed by atoms with van der Waals surface area (Å²) in [6.07, 6.45) is -4.47. The number of carboxylic acid groups (broad SMARTS) is 4. The molecule has 0 fully saturated rings. The van der Waals surface area contributed by atoms with Crippen LogP contribution in [0.2, 0.25) is 0 Å². The van der Waals surface area contributed by atoms with Gasteiger partial charge in [0.15, 0.2) is 5.96 Å². The van der Waals surface area contributed by atoms with E-state index in [1.807, 2.05) is 5.32 Å². The molecule has 0 radical (unpaired) electrons. The zero-order valence-corrected chi connectivity index (χ0v) is 61.4. The van der Waals surface area contributed by atoms with Gasteiger partial charge in [0, 0.05) is 30.1 Å². The Kier molecular flexibility index (Phi) is 40.9. The van der Waals surface area contributed by atoms with E-state index in [1.165, 1.54) is 18.0 Å².